The van der Waals surface area contributed by atoms with Gasteiger partial charge >= 0.3 is 0 Å². The molecule has 0 heterocycles. The lowest BCUT2D eigenvalue weighted by Crippen LogP contribution is -2.33. The monoisotopic (exact) mass is 391 g/mol. The van der Waals surface area contributed by atoms with Crippen molar-refractivity contribution in [3.8, 4) is 17.2 Å². The number of likely N-dealkylation sites (N-methyl/N-ethyl adjacent to an activating group) is 1. The van der Waals surface area contributed by atoms with Crippen LogP contribution in [0.15, 0.2) is 48.5 Å². The molecule has 0 unspecified atom stereocenters. The van der Waals surface area contributed by atoms with Crippen molar-refractivity contribution in [1.29, 1.82) is 5.26 Å². The number of hydrogen-bond acceptors (Lipinski definition) is 4. The lowest BCUT2D eigenvalue weighted by Gasteiger charge is -2.17. The van der Waals surface area contributed by atoms with Crippen LogP contribution in [-0.2, 0) is 14.4 Å². The van der Waals surface area contributed by atoms with Crippen LogP contribution in [0.2, 0.25) is 0 Å². The molecule has 29 heavy (non-hydrogen) atoms. The molecule has 6 nitrogen and oxygen atoms in total. The number of nitriles is 1. The number of rotatable bonds is 10. The number of nitrogens with zero attached hydrogens (tertiary/aromatic N) is 2. The van der Waals surface area contributed by atoms with E-state index in [0.717, 1.165) is 24.0 Å². The van der Waals surface area contributed by atoms with Gasteiger partial charge in [-0.1, -0.05) is 37.1 Å². The lowest BCUT2D eigenvalue weighted by molar-refractivity contribution is -0.136. The van der Waals surface area contributed by atoms with Crippen LogP contribution in [0.25, 0.3) is 11.1 Å². The van der Waals surface area contributed by atoms with Crippen molar-refractivity contribution in [2.24, 2.45) is 5.73 Å². The molecule has 2 aromatic carbocycles. The Hall–Kier alpha value is -3.46. The highest BCUT2D eigenvalue weighted by Gasteiger charge is 2.19. The zero-order chi connectivity index (χ0) is 21.2. The van der Waals surface area contributed by atoms with Crippen LogP contribution in [0.5, 0.6) is 0 Å². The third-order valence-corrected chi connectivity index (χ3v) is 4.70. The van der Waals surface area contributed by atoms with Gasteiger partial charge in [0.05, 0.1) is 11.6 Å². The minimum Gasteiger partial charge on any atom is -0.370 e. The fourth-order valence-corrected chi connectivity index (χ4v) is 2.98. The summed E-state index contributed by atoms with van der Waals surface area (Å²) in [6.45, 7) is 0. The van der Waals surface area contributed by atoms with Gasteiger partial charge in [0.15, 0.2) is 0 Å². The molecule has 0 spiro atoms. The average Bonchev–Trinajstić information content (AvgIpc) is 2.74. The Morgan fingerprint density at radius 2 is 1.59 bits per heavy atom. The Labute approximate surface area is 170 Å². The molecule has 2 aromatic rings. The van der Waals surface area contributed by atoms with E-state index in [2.05, 4.69) is 6.07 Å². The molecule has 0 fully saturated rings. The zero-order valence-corrected chi connectivity index (χ0v) is 16.6. The fourth-order valence-electron chi connectivity index (χ4n) is 2.98. The summed E-state index contributed by atoms with van der Waals surface area (Å²) >= 11 is 0. The molecule has 0 aliphatic carbocycles. The quantitative estimate of drug-likeness (QED) is 0.494. The molecular weight excluding hydrogens is 366 g/mol. The molecule has 0 radical (unpaired) electrons. The smallest absolute Gasteiger partial charge is 0.294 e. The van der Waals surface area contributed by atoms with Gasteiger partial charge in [0.25, 0.3) is 5.91 Å². The average molecular weight is 391 g/mol. The molecule has 0 atom stereocenters. The SMILES string of the molecule is CN(C(=O)C(=O)CCCCCCC(N)=O)c1cccc(-c2ccc(C#N)cc2)c1. The molecule has 0 saturated carbocycles. The number of carbonyl (C=O) groups excluding carboxylic acids is 3. The number of Topliss-reactive ketones (excluding diaryl/α,β-unsaturated/α-hetero) is 1. The minimum absolute atomic E-state index is 0.190. The molecule has 0 bridgehead atoms. The van der Waals surface area contributed by atoms with Crippen molar-refractivity contribution in [1.82, 2.24) is 0 Å². The number of ketones is 1. The van der Waals surface area contributed by atoms with Gasteiger partial charge in [-0.05, 0) is 48.2 Å². The number of unbranched alkanes of at least 4 members (excludes halogenated alkanes) is 3. The first-order valence-corrected chi connectivity index (χ1v) is 9.62. The molecule has 2 amide bonds. The van der Waals surface area contributed by atoms with E-state index in [1.165, 1.54) is 4.90 Å². The number of hydrogen-bond donors (Lipinski definition) is 1. The maximum atomic E-state index is 12.5. The summed E-state index contributed by atoms with van der Waals surface area (Å²) in [5.41, 5.74) is 8.12. The third-order valence-electron chi connectivity index (χ3n) is 4.70. The maximum Gasteiger partial charge on any atom is 0.294 e. The summed E-state index contributed by atoms with van der Waals surface area (Å²) in [5, 5.41) is 8.91. The minimum atomic E-state index is -0.542. The first-order valence-electron chi connectivity index (χ1n) is 9.62. The molecule has 6 heteroatoms. The highest BCUT2D eigenvalue weighted by Crippen LogP contribution is 2.25. The van der Waals surface area contributed by atoms with Crippen LogP contribution in [0.4, 0.5) is 5.69 Å². The summed E-state index contributed by atoms with van der Waals surface area (Å²) < 4.78 is 0. The molecule has 0 saturated heterocycles. The highest BCUT2D eigenvalue weighted by molar-refractivity contribution is 6.41. The zero-order valence-electron chi connectivity index (χ0n) is 16.6. The highest BCUT2D eigenvalue weighted by atomic mass is 16.2. The third kappa shape index (κ3) is 6.58. The summed E-state index contributed by atoms with van der Waals surface area (Å²) in [6.07, 6.45) is 3.46. The molecule has 150 valence electrons. The second-order valence-corrected chi connectivity index (χ2v) is 6.91. The Kier molecular flexibility index (Phi) is 8.11. The first-order chi connectivity index (χ1) is 13.9. The summed E-state index contributed by atoms with van der Waals surface area (Å²) in [4.78, 5) is 36.7. The van der Waals surface area contributed by atoms with Gasteiger partial charge in [-0.15, -0.1) is 0 Å². The van der Waals surface area contributed by atoms with Crippen molar-refractivity contribution in [2.45, 2.75) is 38.5 Å². The Morgan fingerprint density at radius 3 is 2.21 bits per heavy atom. The molecule has 0 aliphatic heterocycles. The topological polar surface area (TPSA) is 104 Å². The van der Waals surface area contributed by atoms with Crippen LogP contribution < -0.4 is 10.6 Å². The fraction of sp³-hybridized carbons (Fsp3) is 0.304. The summed E-state index contributed by atoms with van der Waals surface area (Å²) in [5.74, 6) is -1.29. The van der Waals surface area contributed by atoms with E-state index in [9.17, 15) is 14.4 Å². The van der Waals surface area contributed by atoms with Crippen LogP contribution in [0.1, 0.15) is 44.1 Å². The van der Waals surface area contributed by atoms with Crippen LogP contribution in [0.3, 0.4) is 0 Å². The molecule has 0 aliphatic rings. The van der Waals surface area contributed by atoms with E-state index in [1.54, 1.807) is 25.2 Å². The van der Waals surface area contributed by atoms with Gasteiger partial charge < -0.3 is 10.6 Å². The van der Waals surface area contributed by atoms with E-state index >= 15 is 0 Å². The summed E-state index contributed by atoms with van der Waals surface area (Å²) in [7, 11) is 1.59. The van der Waals surface area contributed by atoms with E-state index in [0.29, 0.717) is 30.5 Å². The largest absolute Gasteiger partial charge is 0.370 e. The van der Waals surface area contributed by atoms with Crippen LogP contribution in [-0.4, -0.2) is 24.6 Å². The Morgan fingerprint density at radius 1 is 0.931 bits per heavy atom. The van der Waals surface area contributed by atoms with Crippen molar-refractivity contribution < 1.29 is 14.4 Å². The van der Waals surface area contributed by atoms with Gasteiger partial charge in [-0.2, -0.15) is 5.26 Å². The van der Waals surface area contributed by atoms with Crippen LogP contribution in [0, 0.1) is 11.3 Å². The predicted molar refractivity (Wildman–Crippen MR) is 112 cm³/mol. The standard InChI is InChI=1S/C23H25N3O3/c1-26(23(29)21(27)9-4-2-3-5-10-22(25)28)20-8-6-7-19(15-20)18-13-11-17(16-24)12-14-18/h6-8,11-15H,2-5,9-10H2,1H3,(H2,25,28). The second-order valence-electron chi connectivity index (χ2n) is 6.91. The second kappa shape index (κ2) is 10.8. The number of primary amides is 1. The van der Waals surface area contributed by atoms with E-state index < -0.39 is 11.7 Å². The molecular formula is C23H25N3O3. The van der Waals surface area contributed by atoms with Gasteiger partial charge in [0.2, 0.25) is 11.7 Å². The summed E-state index contributed by atoms with van der Waals surface area (Å²) in [6, 6.07) is 16.6. The number of nitrogens with two attached hydrogens (primary N) is 1. The Bertz CT molecular complexity index is 914. The lowest BCUT2D eigenvalue weighted by atomic mass is 10.0. The van der Waals surface area contributed by atoms with Crippen molar-refractivity contribution in [3.63, 3.8) is 0 Å². The van der Waals surface area contributed by atoms with Gasteiger partial charge in [-0.25, -0.2) is 0 Å². The normalized spacial score (nSPS) is 10.2. The van der Waals surface area contributed by atoms with Crippen molar-refractivity contribution in [3.05, 3.63) is 54.1 Å². The number of amides is 2. The van der Waals surface area contributed by atoms with Crippen molar-refractivity contribution >= 4 is 23.3 Å². The molecule has 0 aromatic heterocycles. The van der Waals surface area contributed by atoms with Gasteiger partial charge in [0, 0.05) is 25.6 Å². The molecule has 2 N–H and O–H groups in total. The van der Waals surface area contributed by atoms with Crippen LogP contribution >= 0.6 is 0 Å². The molecule has 2 rings (SSSR count). The Balaban J connectivity index is 1.94. The van der Waals surface area contributed by atoms with E-state index in [1.807, 2.05) is 30.3 Å². The maximum absolute atomic E-state index is 12.5. The number of benzene rings is 2. The van der Waals surface area contributed by atoms with Crippen molar-refractivity contribution in [2.75, 3.05) is 11.9 Å². The van der Waals surface area contributed by atoms with Gasteiger partial charge in [0.1, 0.15) is 0 Å². The number of carbonyl (C=O) groups is 3. The first kappa shape index (κ1) is 21.8. The van der Waals surface area contributed by atoms with E-state index in [4.69, 9.17) is 11.0 Å². The predicted octanol–water partition coefficient (Wildman–Crippen LogP) is 3.58. The van der Waals surface area contributed by atoms with Gasteiger partial charge in [-0.3, -0.25) is 14.4 Å². The van der Waals surface area contributed by atoms with E-state index in [-0.39, 0.29) is 12.3 Å². The number of anilines is 1.